The molecule has 0 saturated carbocycles. The summed E-state index contributed by atoms with van der Waals surface area (Å²) < 4.78 is 56.4. The Morgan fingerprint density at radius 3 is 1.95 bits per heavy atom. The van der Waals surface area contributed by atoms with Crippen LogP contribution in [0.1, 0.15) is 32.9 Å². The fraction of sp³-hybridized carbons (Fsp3) is 0.148. The first-order chi connectivity index (χ1) is 18.7. The first-order valence-electron chi connectivity index (χ1n) is 11.9. The van der Waals surface area contributed by atoms with Gasteiger partial charge in [0.25, 0.3) is 26.0 Å². The molecule has 0 aliphatic heterocycles. The van der Waals surface area contributed by atoms with Crippen LogP contribution in [0, 0.1) is 27.7 Å². The number of benzene rings is 3. The molecule has 0 radical (unpaired) electrons. The number of nitrogens with zero attached hydrogens (tertiary/aromatic N) is 2. The fourth-order valence-electron chi connectivity index (χ4n) is 3.74. The molecule has 13 heteroatoms. The van der Waals surface area contributed by atoms with Crippen molar-refractivity contribution in [3.8, 4) is 0 Å². The number of sulfonamides is 2. The van der Waals surface area contributed by atoms with Gasteiger partial charge < -0.3 is 5.32 Å². The zero-order chi connectivity index (χ0) is 29.2. The Hall–Kier alpha value is -4.00. The van der Waals surface area contributed by atoms with Crippen molar-refractivity contribution < 1.29 is 21.6 Å². The van der Waals surface area contributed by atoms with Crippen molar-refractivity contribution in [2.24, 2.45) is 0 Å². The number of amides is 1. The second-order valence-corrected chi connectivity index (χ2v) is 12.8. The van der Waals surface area contributed by atoms with Gasteiger partial charge in [0, 0.05) is 28.3 Å². The molecule has 0 aliphatic carbocycles. The van der Waals surface area contributed by atoms with Gasteiger partial charge >= 0.3 is 0 Å². The Morgan fingerprint density at radius 1 is 0.700 bits per heavy atom. The van der Waals surface area contributed by atoms with Gasteiger partial charge in [-0.25, -0.2) is 31.5 Å². The maximum Gasteiger partial charge on any atom is 0.264 e. The average molecular weight is 600 g/mol. The molecule has 1 heterocycles. The van der Waals surface area contributed by atoms with Crippen LogP contribution in [0.15, 0.2) is 76.5 Å². The highest BCUT2D eigenvalue weighted by atomic mass is 35.5. The van der Waals surface area contributed by atoms with Crippen LogP contribution in [-0.2, 0) is 20.0 Å². The van der Waals surface area contributed by atoms with E-state index in [0.717, 1.165) is 11.1 Å². The first-order valence-corrected chi connectivity index (χ1v) is 15.2. The third kappa shape index (κ3) is 6.76. The van der Waals surface area contributed by atoms with Gasteiger partial charge in [-0.05, 0) is 99.5 Å². The Balaban J connectivity index is 1.50. The summed E-state index contributed by atoms with van der Waals surface area (Å²) >= 11 is 6.18. The van der Waals surface area contributed by atoms with Crippen molar-refractivity contribution >= 4 is 54.9 Å². The standard InChI is InChI=1S/C27H26ClN5O5S2/c1-16-5-7-22(13-17(16)2)32-40(37,38)25-15-20(6-12-24(25)28)26(34)31-21-8-10-23(11-9-21)39(35,36)33-27-29-18(3)14-19(4)30-27/h5-15,32H,1-4H3,(H,31,34)(H,29,30,33). The number of anilines is 3. The highest BCUT2D eigenvalue weighted by Crippen LogP contribution is 2.26. The molecule has 0 spiro atoms. The minimum absolute atomic E-state index is 0.0372. The molecule has 4 rings (SSSR count). The quantitative estimate of drug-likeness (QED) is 0.251. The van der Waals surface area contributed by atoms with E-state index in [1.165, 1.54) is 42.5 Å². The zero-order valence-electron chi connectivity index (χ0n) is 22.0. The van der Waals surface area contributed by atoms with Crippen molar-refractivity contribution in [1.29, 1.82) is 0 Å². The van der Waals surface area contributed by atoms with Crippen molar-refractivity contribution in [1.82, 2.24) is 9.97 Å². The van der Waals surface area contributed by atoms with E-state index in [1.807, 2.05) is 13.8 Å². The van der Waals surface area contributed by atoms with E-state index < -0.39 is 26.0 Å². The molecule has 0 atom stereocenters. The lowest BCUT2D eigenvalue weighted by Crippen LogP contribution is -2.17. The van der Waals surface area contributed by atoms with Crippen LogP contribution in [0.5, 0.6) is 0 Å². The molecule has 1 aromatic heterocycles. The number of aryl methyl sites for hydroxylation is 4. The molecule has 0 aliphatic rings. The van der Waals surface area contributed by atoms with Gasteiger partial charge in [0.1, 0.15) is 4.90 Å². The predicted molar refractivity (Wildman–Crippen MR) is 155 cm³/mol. The van der Waals surface area contributed by atoms with Crippen LogP contribution in [0.2, 0.25) is 5.02 Å². The van der Waals surface area contributed by atoms with Crippen LogP contribution in [-0.4, -0.2) is 32.7 Å². The highest BCUT2D eigenvalue weighted by Gasteiger charge is 2.21. The molecule has 0 saturated heterocycles. The van der Waals surface area contributed by atoms with E-state index >= 15 is 0 Å². The van der Waals surface area contributed by atoms with Gasteiger partial charge in [-0.15, -0.1) is 0 Å². The highest BCUT2D eigenvalue weighted by molar-refractivity contribution is 7.93. The number of halogens is 1. The molecule has 3 N–H and O–H groups in total. The van der Waals surface area contributed by atoms with E-state index in [0.29, 0.717) is 22.8 Å². The molecule has 0 fully saturated rings. The predicted octanol–water partition coefficient (Wildman–Crippen LogP) is 5.22. The summed E-state index contributed by atoms with van der Waals surface area (Å²) in [6.45, 7) is 7.23. The number of carbonyl (C=O) groups excluding carboxylic acids is 1. The Morgan fingerprint density at radius 2 is 1.32 bits per heavy atom. The molecule has 1 amide bonds. The van der Waals surface area contributed by atoms with Crippen molar-refractivity contribution in [3.05, 3.63) is 99.8 Å². The number of nitrogens with one attached hydrogen (secondary N) is 3. The third-order valence-corrected chi connectivity index (χ3v) is 9.08. The van der Waals surface area contributed by atoms with Crippen molar-refractivity contribution in [3.63, 3.8) is 0 Å². The fourth-order valence-corrected chi connectivity index (χ4v) is 6.26. The van der Waals surface area contributed by atoms with Crippen LogP contribution in [0.4, 0.5) is 17.3 Å². The summed E-state index contributed by atoms with van der Waals surface area (Å²) in [7, 11) is -8.08. The second kappa shape index (κ2) is 11.2. The zero-order valence-corrected chi connectivity index (χ0v) is 24.4. The van der Waals surface area contributed by atoms with Crippen LogP contribution < -0.4 is 14.8 Å². The minimum Gasteiger partial charge on any atom is -0.322 e. The Labute approximate surface area is 238 Å². The maximum atomic E-state index is 13.1. The van der Waals surface area contributed by atoms with E-state index in [1.54, 1.807) is 38.1 Å². The number of rotatable bonds is 8. The van der Waals surface area contributed by atoms with Gasteiger partial charge in [0.2, 0.25) is 5.95 Å². The lowest BCUT2D eigenvalue weighted by molar-refractivity contribution is 0.102. The van der Waals surface area contributed by atoms with Gasteiger partial charge in [-0.1, -0.05) is 17.7 Å². The Bertz CT molecular complexity index is 1810. The molecule has 0 unspecified atom stereocenters. The lowest BCUT2D eigenvalue weighted by atomic mass is 10.1. The summed E-state index contributed by atoms with van der Waals surface area (Å²) in [6.07, 6.45) is 0. The van der Waals surface area contributed by atoms with Crippen LogP contribution in [0.25, 0.3) is 0 Å². The third-order valence-electron chi connectivity index (χ3n) is 5.87. The minimum atomic E-state index is -4.10. The molecular formula is C27H26ClN5O5S2. The van der Waals surface area contributed by atoms with Crippen LogP contribution >= 0.6 is 11.6 Å². The summed E-state index contributed by atoms with van der Waals surface area (Å²) in [6, 6.07) is 16.2. The van der Waals surface area contributed by atoms with Gasteiger partial charge in [-0.2, -0.15) is 0 Å². The van der Waals surface area contributed by atoms with Crippen LogP contribution in [0.3, 0.4) is 0 Å². The summed E-state index contributed by atoms with van der Waals surface area (Å²) in [5.41, 5.74) is 3.84. The molecule has 3 aromatic carbocycles. The van der Waals surface area contributed by atoms with E-state index in [2.05, 4.69) is 24.7 Å². The molecule has 40 heavy (non-hydrogen) atoms. The maximum absolute atomic E-state index is 13.1. The van der Waals surface area contributed by atoms with Gasteiger partial charge in [0.05, 0.1) is 9.92 Å². The normalized spacial score (nSPS) is 11.6. The number of hydrogen-bond acceptors (Lipinski definition) is 7. The molecular weight excluding hydrogens is 574 g/mol. The smallest absolute Gasteiger partial charge is 0.264 e. The van der Waals surface area contributed by atoms with Crippen molar-refractivity contribution in [2.45, 2.75) is 37.5 Å². The molecule has 4 aromatic rings. The van der Waals surface area contributed by atoms with Gasteiger partial charge in [0.15, 0.2) is 0 Å². The summed E-state index contributed by atoms with van der Waals surface area (Å²) in [5, 5.41) is 2.57. The second-order valence-electron chi connectivity index (χ2n) is 9.11. The number of hydrogen-bond donors (Lipinski definition) is 3. The summed E-state index contributed by atoms with van der Waals surface area (Å²) in [4.78, 5) is 20.8. The topological polar surface area (TPSA) is 147 Å². The number of aromatic nitrogens is 2. The van der Waals surface area contributed by atoms with E-state index in [4.69, 9.17) is 11.6 Å². The van der Waals surface area contributed by atoms with E-state index in [9.17, 15) is 21.6 Å². The monoisotopic (exact) mass is 599 g/mol. The van der Waals surface area contributed by atoms with Gasteiger partial charge in [-0.3, -0.25) is 9.52 Å². The lowest BCUT2D eigenvalue weighted by Gasteiger charge is -2.13. The Kier molecular flexibility index (Phi) is 8.15. The van der Waals surface area contributed by atoms with Crippen molar-refractivity contribution in [2.75, 3.05) is 14.8 Å². The largest absolute Gasteiger partial charge is 0.322 e. The average Bonchev–Trinajstić information content (AvgIpc) is 2.85. The number of carbonyl (C=O) groups is 1. The molecule has 208 valence electrons. The SMILES string of the molecule is Cc1cc(C)nc(NS(=O)(=O)c2ccc(NC(=O)c3ccc(Cl)c(S(=O)(=O)Nc4ccc(C)c(C)c4)c3)cc2)n1. The molecule has 10 nitrogen and oxygen atoms in total. The van der Waals surface area contributed by atoms with E-state index in [-0.39, 0.29) is 26.3 Å². The first kappa shape index (κ1) is 29.0. The molecule has 0 bridgehead atoms. The summed E-state index contributed by atoms with van der Waals surface area (Å²) in [5.74, 6) is -0.660.